The van der Waals surface area contributed by atoms with E-state index in [1.54, 1.807) is 4.90 Å². The van der Waals surface area contributed by atoms with Crippen molar-refractivity contribution in [2.45, 2.75) is 32.1 Å². The summed E-state index contributed by atoms with van der Waals surface area (Å²) in [5.74, 6) is -1.42. The standard InChI is InChI=1S/C16H19BrFNO3/c17-14-7-6-12(18)10-13(14)16(21)22-11-15(20)19-8-4-2-1-3-5-9-19/h6-7,10H,1-5,8-9,11H2. The molecule has 0 unspecified atom stereocenters. The smallest absolute Gasteiger partial charge is 0.339 e. The van der Waals surface area contributed by atoms with Gasteiger partial charge in [0.1, 0.15) is 5.82 Å². The maximum Gasteiger partial charge on any atom is 0.339 e. The zero-order valence-electron chi connectivity index (χ0n) is 12.3. The van der Waals surface area contributed by atoms with Gasteiger partial charge in [-0.05, 0) is 47.0 Å². The Kier molecular flexibility index (Phi) is 6.36. The fourth-order valence-corrected chi connectivity index (χ4v) is 2.86. The van der Waals surface area contributed by atoms with Gasteiger partial charge >= 0.3 is 5.97 Å². The molecule has 1 aliphatic rings. The van der Waals surface area contributed by atoms with Crippen LogP contribution in [-0.2, 0) is 9.53 Å². The SMILES string of the molecule is O=C(OCC(=O)N1CCCCCCC1)c1cc(F)ccc1Br. The van der Waals surface area contributed by atoms with E-state index in [9.17, 15) is 14.0 Å². The largest absolute Gasteiger partial charge is 0.452 e. The molecule has 0 N–H and O–H groups in total. The molecular formula is C16H19BrFNO3. The number of carbonyl (C=O) groups is 2. The van der Waals surface area contributed by atoms with E-state index in [1.807, 2.05) is 0 Å². The molecule has 120 valence electrons. The molecule has 0 aliphatic carbocycles. The Labute approximate surface area is 137 Å². The predicted molar refractivity (Wildman–Crippen MR) is 84.0 cm³/mol. The lowest BCUT2D eigenvalue weighted by molar-refractivity contribution is -0.134. The number of ether oxygens (including phenoxy) is 1. The molecule has 1 heterocycles. The van der Waals surface area contributed by atoms with Crippen LogP contribution in [0.2, 0.25) is 0 Å². The first-order chi connectivity index (χ1) is 10.6. The molecule has 0 spiro atoms. The molecule has 22 heavy (non-hydrogen) atoms. The summed E-state index contributed by atoms with van der Waals surface area (Å²) in [4.78, 5) is 25.8. The van der Waals surface area contributed by atoms with Crippen molar-refractivity contribution in [1.29, 1.82) is 0 Å². The van der Waals surface area contributed by atoms with E-state index in [1.165, 1.54) is 18.6 Å². The highest BCUT2D eigenvalue weighted by molar-refractivity contribution is 9.10. The number of rotatable bonds is 3. The maximum atomic E-state index is 13.2. The van der Waals surface area contributed by atoms with Gasteiger partial charge in [0.2, 0.25) is 0 Å². The van der Waals surface area contributed by atoms with Crippen LogP contribution in [0.1, 0.15) is 42.5 Å². The van der Waals surface area contributed by atoms with Crippen LogP contribution in [0.5, 0.6) is 0 Å². The molecule has 1 aromatic rings. The minimum Gasteiger partial charge on any atom is -0.452 e. The molecular weight excluding hydrogens is 353 g/mol. The molecule has 0 aromatic heterocycles. The van der Waals surface area contributed by atoms with E-state index >= 15 is 0 Å². The summed E-state index contributed by atoms with van der Waals surface area (Å²) in [6, 6.07) is 3.77. The average molecular weight is 372 g/mol. The van der Waals surface area contributed by atoms with E-state index in [-0.39, 0.29) is 18.1 Å². The van der Waals surface area contributed by atoms with Crippen LogP contribution in [0.25, 0.3) is 0 Å². The number of carbonyl (C=O) groups excluding carboxylic acids is 2. The van der Waals surface area contributed by atoms with Crippen LogP contribution in [0.3, 0.4) is 0 Å². The van der Waals surface area contributed by atoms with Crippen LogP contribution >= 0.6 is 15.9 Å². The lowest BCUT2D eigenvalue weighted by Crippen LogP contribution is -2.37. The van der Waals surface area contributed by atoms with Gasteiger partial charge in [-0.15, -0.1) is 0 Å². The fourth-order valence-electron chi connectivity index (χ4n) is 2.45. The van der Waals surface area contributed by atoms with Crippen LogP contribution in [0, 0.1) is 5.82 Å². The van der Waals surface area contributed by atoms with Crippen molar-refractivity contribution in [2.24, 2.45) is 0 Å². The number of likely N-dealkylation sites (tertiary alicyclic amines) is 1. The van der Waals surface area contributed by atoms with Gasteiger partial charge in [-0.3, -0.25) is 4.79 Å². The first-order valence-electron chi connectivity index (χ1n) is 7.48. The Morgan fingerprint density at radius 3 is 2.45 bits per heavy atom. The second-order valence-corrected chi connectivity index (χ2v) is 6.20. The third-order valence-corrected chi connectivity index (χ3v) is 4.38. The summed E-state index contributed by atoms with van der Waals surface area (Å²) in [6.45, 7) is 1.11. The van der Waals surface area contributed by atoms with Crippen LogP contribution in [-0.4, -0.2) is 36.5 Å². The third kappa shape index (κ3) is 4.80. The highest BCUT2D eigenvalue weighted by Crippen LogP contribution is 2.19. The van der Waals surface area contributed by atoms with Crippen LogP contribution < -0.4 is 0 Å². The lowest BCUT2D eigenvalue weighted by atomic mass is 10.1. The van der Waals surface area contributed by atoms with Crippen molar-refractivity contribution in [3.8, 4) is 0 Å². The first-order valence-corrected chi connectivity index (χ1v) is 8.27. The van der Waals surface area contributed by atoms with Gasteiger partial charge in [0.25, 0.3) is 5.91 Å². The Bertz CT molecular complexity index is 542. The summed E-state index contributed by atoms with van der Waals surface area (Å²) in [5.41, 5.74) is 0.0838. The maximum absolute atomic E-state index is 13.2. The van der Waals surface area contributed by atoms with Gasteiger partial charge in [-0.25, -0.2) is 9.18 Å². The molecule has 2 rings (SSSR count). The molecule has 1 aliphatic heterocycles. The van der Waals surface area contributed by atoms with Crippen molar-refractivity contribution in [2.75, 3.05) is 19.7 Å². The number of hydrogen-bond donors (Lipinski definition) is 0. The molecule has 0 saturated carbocycles. The molecule has 0 radical (unpaired) electrons. The topological polar surface area (TPSA) is 46.6 Å². The van der Waals surface area contributed by atoms with Crippen LogP contribution in [0.4, 0.5) is 4.39 Å². The molecule has 1 aromatic carbocycles. The van der Waals surface area contributed by atoms with E-state index in [0.717, 1.165) is 31.7 Å². The van der Waals surface area contributed by atoms with Gasteiger partial charge in [-0.2, -0.15) is 0 Å². The predicted octanol–water partition coefficient (Wildman–Crippen LogP) is 3.54. The number of benzene rings is 1. The molecule has 1 saturated heterocycles. The van der Waals surface area contributed by atoms with Crippen molar-refractivity contribution < 1.29 is 18.7 Å². The zero-order valence-corrected chi connectivity index (χ0v) is 13.9. The van der Waals surface area contributed by atoms with E-state index < -0.39 is 11.8 Å². The van der Waals surface area contributed by atoms with E-state index in [4.69, 9.17) is 4.74 Å². The number of halogens is 2. The monoisotopic (exact) mass is 371 g/mol. The van der Waals surface area contributed by atoms with Gasteiger partial charge in [0.15, 0.2) is 6.61 Å². The molecule has 6 heteroatoms. The van der Waals surface area contributed by atoms with Gasteiger partial charge < -0.3 is 9.64 Å². The minimum absolute atomic E-state index is 0.0838. The number of amides is 1. The van der Waals surface area contributed by atoms with Gasteiger partial charge in [-0.1, -0.05) is 19.3 Å². The molecule has 0 atom stereocenters. The first kappa shape index (κ1) is 16.9. The van der Waals surface area contributed by atoms with Gasteiger partial charge in [0, 0.05) is 17.6 Å². The second kappa shape index (κ2) is 8.27. The Morgan fingerprint density at radius 2 is 1.77 bits per heavy atom. The molecule has 1 amide bonds. The van der Waals surface area contributed by atoms with E-state index in [0.29, 0.717) is 17.6 Å². The van der Waals surface area contributed by atoms with Crippen molar-refractivity contribution in [1.82, 2.24) is 4.90 Å². The summed E-state index contributed by atoms with van der Waals surface area (Å²) in [5, 5.41) is 0. The highest BCUT2D eigenvalue weighted by atomic mass is 79.9. The summed E-state index contributed by atoms with van der Waals surface area (Å²) in [6.07, 6.45) is 5.43. The molecule has 4 nitrogen and oxygen atoms in total. The summed E-state index contributed by atoms with van der Waals surface area (Å²) in [7, 11) is 0. The number of nitrogens with zero attached hydrogens (tertiary/aromatic N) is 1. The third-order valence-electron chi connectivity index (χ3n) is 3.68. The summed E-state index contributed by atoms with van der Waals surface area (Å²) >= 11 is 3.17. The zero-order chi connectivity index (χ0) is 15.9. The second-order valence-electron chi connectivity index (χ2n) is 5.35. The van der Waals surface area contributed by atoms with Crippen LogP contribution in [0.15, 0.2) is 22.7 Å². The Morgan fingerprint density at radius 1 is 1.14 bits per heavy atom. The van der Waals surface area contributed by atoms with Crippen molar-refractivity contribution >= 4 is 27.8 Å². The highest BCUT2D eigenvalue weighted by Gasteiger charge is 2.18. The van der Waals surface area contributed by atoms with Crippen molar-refractivity contribution in [3.05, 3.63) is 34.1 Å². The molecule has 0 bridgehead atoms. The number of esters is 1. The Balaban J connectivity index is 1.89. The average Bonchev–Trinajstić information content (AvgIpc) is 2.46. The summed E-state index contributed by atoms with van der Waals surface area (Å²) < 4.78 is 18.6. The quantitative estimate of drug-likeness (QED) is 0.763. The van der Waals surface area contributed by atoms with Crippen molar-refractivity contribution in [3.63, 3.8) is 0 Å². The number of hydrogen-bond acceptors (Lipinski definition) is 3. The molecule has 1 fully saturated rings. The van der Waals surface area contributed by atoms with E-state index in [2.05, 4.69) is 15.9 Å². The minimum atomic E-state index is -0.702. The Hall–Kier alpha value is -1.43. The fraction of sp³-hybridized carbons (Fsp3) is 0.500. The lowest BCUT2D eigenvalue weighted by Gasteiger charge is -2.24. The normalized spacial score (nSPS) is 15.8. The van der Waals surface area contributed by atoms with Gasteiger partial charge in [0.05, 0.1) is 5.56 Å².